The van der Waals surface area contributed by atoms with Gasteiger partial charge in [-0.1, -0.05) is 12.2 Å². The van der Waals surface area contributed by atoms with Crippen LogP contribution in [0.15, 0.2) is 12.2 Å². The van der Waals surface area contributed by atoms with Gasteiger partial charge in [0.1, 0.15) is 0 Å². The minimum Gasteiger partial charge on any atom is -0.465 e. The summed E-state index contributed by atoms with van der Waals surface area (Å²) in [5.74, 6) is 0.443. The highest BCUT2D eigenvalue weighted by molar-refractivity contribution is 5.75. The zero-order chi connectivity index (χ0) is 10.6. The van der Waals surface area contributed by atoms with E-state index >= 15 is 0 Å². The van der Waals surface area contributed by atoms with Gasteiger partial charge in [-0.3, -0.25) is 4.79 Å². The molecule has 0 aliphatic heterocycles. The molecule has 14 heavy (non-hydrogen) atoms. The van der Waals surface area contributed by atoms with Gasteiger partial charge >= 0.3 is 5.97 Å². The van der Waals surface area contributed by atoms with Gasteiger partial charge in [0.25, 0.3) is 0 Å². The molecule has 0 amide bonds. The molecule has 1 atom stereocenters. The van der Waals surface area contributed by atoms with E-state index in [0.29, 0.717) is 12.5 Å². The zero-order valence-electron chi connectivity index (χ0n) is 9.38. The molecule has 0 aromatic heterocycles. The standard InChI is InChI=1S/C12H20O2/c1-12(2,3)11(13)14-9-10-7-5-4-6-8-10/h4-5,10H,6-9H2,1-3H3. The Morgan fingerprint density at radius 2 is 2.14 bits per heavy atom. The summed E-state index contributed by atoms with van der Waals surface area (Å²) in [4.78, 5) is 11.5. The molecule has 1 aliphatic carbocycles. The van der Waals surface area contributed by atoms with Crippen molar-refractivity contribution in [2.75, 3.05) is 6.61 Å². The SMILES string of the molecule is CC(C)(C)C(=O)OCC1CC=CCC1. The summed E-state index contributed by atoms with van der Waals surface area (Å²) < 4.78 is 5.27. The summed E-state index contributed by atoms with van der Waals surface area (Å²) in [7, 11) is 0. The number of allylic oxidation sites excluding steroid dienone is 2. The van der Waals surface area contributed by atoms with Crippen LogP contribution in [-0.4, -0.2) is 12.6 Å². The van der Waals surface area contributed by atoms with E-state index in [1.165, 1.54) is 0 Å². The maximum atomic E-state index is 11.5. The van der Waals surface area contributed by atoms with E-state index < -0.39 is 0 Å². The van der Waals surface area contributed by atoms with Crippen LogP contribution in [0.1, 0.15) is 40.0 Å². The Kier molecular flexibility index (Phi) is 3.73. The Morgan fingerprint density at radius 3 is 2.64 bits per heavy atom. The fourth-order valence-corrected chi connectivity index (χ4v) is 1.42. The maximum Gasteiger partial charge on any atom is 0.311 e. The molecule has 0 aromatic carbocycles. The van der Waals surface area contributed by atoms with Crippen molar-refractivity contribution in [3.63, 3.8) is 0 Å². The summed E-state index contributed by atoms with van der Waals surface area (Å²) in [6, 6.07) is 0. The van der Waals surface area contributed by atoms with Gasteiger partial charge < -0.3 is 4.74 Å². The van der Waals surface area contributed by atoms with Crippen LogP contribution in [-0.2, 0) is 9.53 Å². The van der Waals surface area contributed by atoms with Gasteiger partial charge in [0.05, 0.1) is 12.0 Å². The maximum absolute atomic E-state index is 11.5. The van der Waals surface area contributed by atoms with Crippen molar-refractivity contribution in [3.05, 3.63) is 12.2 Å². The van der Waals surface area contributed by atoms with Gasteiger partial charge in [-0.2, -0.15) is 0 Å². The molecule has 0 fully saturated rings. The minimum absolute atomic E-state index is 0.0907. The number of carbonyl (C=O) groups is 1. The van der Waals surface area contributed by atoms with Gasteiger partial charge in [0.15, 0.2) is 0 Å². The van der Waals surface area contributed by atoms with Crippen molar-refractivity contribution in [1.29, 1.82) is 0 Å². The van der Waals surface area contributed by atoms with E-state index in [2.05, 4.69) is 12.2 Å². The molecule has 0 aromatic rings. The molecule has 2 nitrogen and oxygen atoms in total. The largest absolute Gasteiger partial charge is 0.465 e. The number of esters is 1. The van der Waals surface area contributed by atoms with Crippen LogP contribution in [0.3, 0.4) is 0 Å². The lowest BCUT2D eigenvalue weighted by atomic mass is 9.94. The Morgan fingerprint density at radius 1 is 1.43 bits per heavy atom. The Bertz CT molecular complexity index is 223. The topological polar surface area (TPSA) is 26.3 Å². The molecule has 0 spiro atoms. The highest BCUT2D eigenvalue weighted by Gasteiger charge is 2.24. The quantitative estimate of drug-likeness (QED) is 0.501. The van der Waals surface area contributed by atoms with Crippen LogP contribution in [0, 0.1) is 11.3 Å². The number of hydrogen-bond donors (Lipinski definition) is 0. The van der Waals surface area contributed by atoms with Crippen molar-refractivity contribution in [2.24, 2.45) is 11.3 Å². The lowest BCUT2D eigenvalue weighted by molar-refractivity contribution is -0.154. The lowest BCUT2D eigenvalue weighted by Crippen LogP contribution is -2.25. The average Bonchev–Trinajstić information content (AvgIpc) is 2.14. The first kappa shape index (κ1) is 11.3. The molecule has 1 unspecified atom stereocenters. The Hall–Kier alpha value is -0.790. The molecule has 2 heteroatoms. The molecule has 0 bridgehead atoms. The van der Waals surface area contributed by atoms with Crippen molar-refractivity contribution in [1.82, 2.24) is 0 Å². The molecule has 0 radical (unpaired) electrons. The van der Waals surface area contributed by atoms with Crippen LogP contribution >= 0.6 is 0 Å². The molecular formula is C12H20O2. The molecule has 0 N–H and O–H groups in total. The van der Waals surface area contributed by atoms with Crippen LogP contribution in [0.4, 0.5) is 0 Å². The van der Waals surface area contributed by atoms with E-state index in [9.17, 15) is 4.79 Å². The monoisotopic (exact) mass is 196 g/mol. The second-order valence-corrected chi connectivity index (χ2v) is 5.00. The highest BCUT2D eigenvalue weighted by atomic mass is 16.5. The molecular weight excluding hydrogens is 176 g/mol. The second-order valence-electron chi connectivity index (χ2n) is 5.00. The van der Waals surface area contributed by atoms with Crippen LogP contribution in [0.2, 0.25) is 0 Å². The predicted molar refractivity (Wildman–Crippen MR) is 56.9 cm³/mol. The molecule has 80 valence electrons. The van der Waals surface area contributed by atoms with Crippen molar-refractivity contribution >= 4 is 5.97 Å². The minimum atomic E-state index is -0.371. The van der Waals surface area contributed by atoms with Gasteiger partial charge in [-0.05, 0) is 46.0 Å². The second kappa shape index (κ2) is 4.63. The third-order valence-electron chi connectivity index (χ3n) is 2.44. The predicted octanol–water partition coefficient (Wildman–Crippen LogP) is 2.93. The van der Waals surface area contributed by atoms with Crippen molar-refractivity contribution in [3.8, 4) is 0 Å². The Balaban J connectivity index is 2.26. The van der Waals surface area contributed by atoms with Gasteiger partial charge in [0, 0.05) is 0 Å². The number of carbonyl (C=O) groups excluding carboxylic acids is 1. The van der Waals surface area contributed by atoms with Crippen molar-refractivity contribution in [2.45, 2.75) is 40.0 Å². The van der Waals surface area contributed by atoms with E-state index in [-0.39, 0.29) is 11.4 Å². The molecule has 0 saturated carbocycles. The van der Waals surface area contributed by atoms with Gasteiger partial charge in [-0.15, -0.1) is 0 Å². The molecule has 0 saturated heterocycles. The first-order chi connectivity index (χ1) is 6.50. The normalized spacial score (nSPS) is 22.1. The Labute approximate surface area is 86.3 Å². The van der Waals surface area contributed by atoms with Gasteiger partial charge in [-0.25, -0.2) is 0 Å². The fraction of sp³-hybridized carbons (Fsp3) is 0.750. The zero-order valence-corrected chi connectivity index (χ0v) is 9.38. The smallest absolute Gasteiger partial charge is 0.311 e. The summed E-state index contributed by atoms with van der Waals surface area (Å²) in [6.45, 7) is 6.24. The summed E-state index contributed by atoms with van der Waals surface area (Å²) >= 11 is 0. The lowest BCUT2D eigenvalue weighted by Gasteiger charge is -2.21. The van der Waals surface area contributed by atoms with E-state index in [0.717, 1.165) is 19.3 Å². The summed E-state index contributed by atoms with van der Waals surface area (Å²) in [5.41, 5.74) is -0.371. The molecule has 0 heterocycles. The highest BCUT2D eigenvalue weighted by Crippen LogP contribution is 2.21. The average molecular weight is 196 g/mol. The fourth-order valence-electron chi connectivity index (χ4n) is 1.42. The van der Waals surface area contributed by atoms with E-state index in [4.69, 9.17) is 4.74 Å². The number of rotatable bonds is 2. The van der Waals surface area contributed by atoms with E-state index in [1.807, 2.05) is 20.8 Å². The third-order valence-corrected chi connectivity index (χ3v) is 2.44. The van der Waals surface area contributed by atoms with Gasteiger partial charge in [0.2, 0.25) is 0 Å². The molecule has 1 aliphatic rings. The van der Waals surface area contributed by atoms with Crippen LogP contribution in [0.25, 0.3) is 0 Å². The van der Waals surface area contributed by atoms with Crippen LogP contribution < -0.4 is 0 Å². The number of ether oxygens (including phenoxy) is 1. The van der Waals surface area contributed by atoms with Crippen molar-refractivity contribution < 1.29 is 9.53 Å². The first-order valence-electron chi connectivity index (χ1n) is 5.32. The van der Waals surface area contributed by atoms with E-state index in [1.54, 1.807) is 0 Å². The summed E-state index contributed by atoms with van der Waals surface area (Å²) in [5, 5.41) is 0. The third kappa shape index (κ3) is 3.52. The summed E-state index contributed by atoms with van der Waals surface area (Å²) in [6.07, 6.45) is 7.70. The van der Waals surface area contributed by atoms with Crippen LogP contribution in [0.5, 0.6) is 0 Å². The molecule has 1 rings (SSSR count). The first-order valence-corrected chi connectivity index (χ1v) is 5.32. The number of hydrogen-bond acceptors (Lipinski definition) is 2.